The van der Waals surface area contributed by atoms with Gasteiger partial charge in [0.25, 0.3) is 0 Å². The number of hydrogen-bond acceptors (Lipinski definition) is 3. The van der Waals surface area contributed by atoms with Gasteiger partial charge in [-0.05, 0) is 18.9 Å². The minimum absolute atomic E-state index is 0. The van der Waals surface area contributed by atoms with Crippen LogP contribution in [0.25, 0.3) is 0 Å². The molecule has 0 amide bonds. The molecule has 1 aliphatic heterocycles. The zero-order valence-corrected chi connectivity index (χ0v) is 13.0. The summed E-state index contributed by atoms with van der Waals surface area (Å²) in [5.41, 5.74) is 2.98. The Balaban J connectivity index is 0.00000180. The highest BCUT2D eigenvalue weighted by molar-refractivity contribution is 6.17. The van der Waals surface area contributed by atoms with Gasteiger partial charge in [-0.1, -0.05) is 19.8 Å². The van der Waals surface area contributed by atoms with Gasteiger partial charge in [-0.15, -0.1) is 24.0 Å². The fraction of sp³-hybridized carbons (Fsp3) is 0.643. The van der Waals surface area contributed by atoms with Crippen LogP contribution in [0.5, 0.6) is 5.75 Å². The number of hydrogen-bond donors (Lipinski definition) is 0. The summed E-state index contributed by atoms with van der Waals surface area (Å²) in [5.74, 6) is 1.32. The van der Waals surface area contributed by atoms with Gasteiger partial charge < -0.3 is 9.47 Å². The molecule has 2 heterocycles. The largest absolute Gasteiger partial charge is 0.463 e. The van der Waals surface area contributed by atoms with E-state index in [-0.39, 0.29) is 18.7 Å². The number of fused-ring (bicyclic) bond motifs is 1. The maximum Gasteiger partial charge on any atom is 0.200 e. The van der Waals surface area contributed by atoms with E-state index >= 15 is 0 Å². The Morgan fingerprint density at radius 3 is 2.89 bits per heavy atom. The molecule has 1 aromatic rings. The zero-order valence-electron chi connectivity index (χ0n) is 11.4. The minimum Gasteiger partial charge on any atom is -0.463 e. The maximum atomic E-state index is 5.91. The van der Waals surface area contributed by atoms with Crippen LogP contribution in [0.2, 0.25) is 0 Å². The number of nitrogens with zero attached hydrogens (tertiary/aromatic N) is 1. The van der Waals surface area contributed by atoms with Crippen molar-refractivity contribution in [1.29, 1.82) is 0 Å². The van der Waals surface area contributed by atoms with Crippen molar-refractivity contribution < 1.29 is 9.47 Å². The Morgan fingerprint density at radius 2 is 2.21 bits per heavy atom. The molecule has 0 spiro atoms. The Kier molecular flexibility index (Phi) is 6.90. The summed E-state index contributed by atoms with van der Waals surface area (Å²) in [6.07, 6.45) is 6.19. The Bertz CT molecular complexity index is 413. The van der Waals surface area contributed by atoms with Crippen LogP contribution in [-0.2, 0) is 17.2 Å². The second-order valence-corrected chi connectivity index (χ2v) is 4.93. The number of pyridine rings is 1. The summed E-state index contributed by atoms with van der Waals surface area (Å²) >= 11 is 5.90. The number of alkyl halides is 1. The van der Waals surface area contributed by atoms with Gasteiger partial charge in [0.05, 0.1) is 12.3 Å². The topological polar surface area (TPSA) is 31.4 Å². The van der Waals surface area contributed by atoms with Gasteiger partial charge in [0.1, 0.15) is 5.75 Å². The van der Waals surface area contributed by atoms with Crippen LogP contribution in [0.1, 0.15) is 49.4 Å². The highest BCUT2D eigenvalue weighted by Crippen LogP contribution is 2.33. The average Bonchev–Trinajstić information content (AvgIpc) is 2.40. The van der Waals surface area contributed by atoms with Gasteiger partial charge in [0.2, 0.25) is 0 Å². The Morgan fingerprint density at radius 1 is 1.42 bits per heavy atom. The van der Waals surface area contributed by atoms with Crippen molar-refractivity contribution in [3.63, 3.8) is 0 Å². The Hall–Kier alpha value is -0.510. The van der Waals surface area contributed by atoms with Crippen LogP contribution < -0.4 is 4.74 Å². The molecule has 2 rings (SSSR count). The molecule has 1 unspecified atom stereocenters. The first-order chi connectivity index (χ1) is 8.76. The van der Waals surface area contributed by atoms with Crippen LogP contribution in [0.15, 0.2) is 6.20 Å². The van der Waals surface area contributed by atoms with Crippen molar-refractivity contribution in [2.24, 2.45) is 0 Å². The molecular weight excluding hydrogens is 285 g/mol. The number of rotatable bonds is 5. The molecule has 3 nitrogen and oxygen atoms in total. The van der Waals surface area contributed by atoms with Crippen LogP contribution in [-0.4, -0.2) is 11.3 Å². The smallest absolute Gasteiger partial charge is 0.200 e. The summed E-state index contributed by atoms with van der Waals surface area (Å²) < 4.78 is 11.6. The summed E-state index contributed by atoms with van der Waals surface area (Å²) in [4.78, 5) is 4.33. The lowest BCUT2D eigenvalue weighted by atomic mass is 10.1. The van der Waals surface area contributed by atoms with Crippen LogP contribution in [0.3, 0.4) is 0 Å². The highest BCUT2D eigenvalue weighted by atomic mass is 35.5. The van der Waals surface area contributed by atoms with Crippen LogP contribution in [0, 0.1) is 6.92 Å². The summed E-state index contributed by atoms with van der Waals surface area (Å²) in [6.45, 7) is 4.74. The monoisotopic (exact) mass is 305 g/mol. The molecule has 0 radical (unpaired) electrons. The van der Waals surface area contributed by atoms with Crippen molar-refractivity contribution in [2.45, 2.75) is 58.3 Å². The van der Waals surface area contributed by atoms with Crippen LogP contribution in [0.4, 0.5) is 0 Å². The Labute approximate surface area is 126 Å². The summed E-state index contributed by atoms with van der Waals surface area (Å²) in [7, 11) is 0. The van der Waals surface area contributed by atoms with Gasteiger partial charge in [-0.2, -0.15) is 0 Å². The molecule has 0 bridgehead atoms. The first-order valence-corrected chi connectivity index (χ1v) is 7.11. The zero-order chi connectivity index (χ0) is 13.0. The number of halogens is 2. The van der Waals surface area contributed by atoms with Gasteiger partial charge in [0.15, 0.2) is 6.29 Å². The molecule has 0 aromatic carbocycles. The molecule has 5 heteroatoms. The summed E-state index contributed by atoms with van der Waals surface area (Å²) in [5, 5.41) is 0. The minimum atomic E-state index is -0.130. The van der Waals surface area contributed by atoms with Crippen molar-refractivity contribution in [3.8, 4) is 5.75 Å². The first kappa shape index (κ1) is 16.5. The molecule has 108 valence electrons. The van der Waals surface area contributed by atoms with E-state index in [9.17, 15) is 0 Å². The van der Waals surface area contributed by atoms with E-state index in [1.54, 1.807) is 0 Å². The van der Waals surface area contributed by atoms with Gasteiger partial charge >= 0.3 is 0 Å². The van der Waals surface area contributed by atoms with Gasteiger partial charge in [-0.25, -0.2) is 0 Å². The lowest BCUT2D eigenvalue weighted by Gasteiger charge is -2.28. The predicted octanol–water partition coefficient (Wildman–Crippen LogP) is 4.37. The summed E-state index contributed by atoms with van der Waals surface area (Å²) in [6, 6.07) is 0. The third-order valence-corrected chi connectivity index (χ3v) is 3.54. The molecule has 19 heavy (non-hydrogen) atoms. The number of aryl methyl sites for hydroxylation is 1. The molecule has 0 saturated carbocycles. The number of ether oxygens (including phenoxy) is 2. The van der Waals surface area contributed by atoms with E-state index in [1.807, 2.05) is 13.1 Å². The van der Waals surface area contributed by atoms with Crippen molar-refractivity contribution >= 4 is 24.0 Å². The highest BCUT2D eigenvalue weighted by Gasteiger charge is 2.24. The second-order valence-electron chi connectivity index (χ2n) is 4.66. The van der Waals surface area contributed by atoms with Gasteiger partial charge in [-0.3, -0.25) is 4.98 Å². The second kappa shape index (κ2) is 7.93. The van der Waals surface area contributed by atoms with E-state index in [1.165, 1.54) is 12.8 Å². The lowest BCUT2D eigenvalue weighted by molar-refractivity contribution is -0.113. The molecule has 1 atom stereocenters. The molecule has 0 N–H and O–H groups in total. The van der Waals surface area contributed by atoms with E-state index in [4.69, 9.17) is 21.1 Å². The van der Waals surface area contributed by atoms with Crippen LogP contribution >= 0.6 is 24.0 Å². The molecular formula is C14H21Cl2NO2. The van der Waals surface area contributed by atoms with Crippen molar-refractivity contribution in [2.75, 3.05) is 0 Å². The maximum absolute atomic E-state index is 5.91. The molecule has 0 fully saturated rings. The van der Waals surface area contributed by atoms with E-state index < -0.39 is 0 Å². The van der Waals surface area contributed by atoms with E-state index in [0.717, 1.165) is 35.4 Å². The number of unbranched alkanes of at least 4 members (excludes halogenated alkanes) is 2. The number of aromatic nitrogens is 1. The fourth-order valence-corrected chi connectivity index (χ4v) is 2.38. The standard InChI is InChI=1S/C14H20ClNO2.ClH/c1-3-4-5-6-13-17-9-12-11(7-15)8-16-10(2)14(12)18-13;/h8,13H,3-7,9H2,1-2H3;1H. The normalized spacial score (nSPS) is 17.3. The van der Waals surface area contributed by atoms with Gasteiger partial charge in [0, 0.05) is 24.1 Å². The quantitative estimate of drug-likeness (QED) is 0.598. The fourth-order valence-electron chi connectivity index (χ4n) is 2.15. The van der Waals surface area contributed by atoms with Crippen molar-refractivity contribution in [3.05, 3.63) is 23.0 Å². The molecule has 0 saturated heterocycles. The van der Waals surface area contributed by atoms with E-state index in [2.05, 4.69) is 11.9 Å². The lowest BCUT2D eigenvalue weighted by Crippen LogP contribution is -2.27. The van der Waals surface area contributed by atoms with Crippen molar-refractivity contribution in [1.82, 2.24) is 4.98 Å². The molecule has 0 aliphatic carbocycles. The SMILES string of the molecule is CCCCCC1OCc2c(CCl)cnc(C)c2O1.Cl. The molecule has 1 aromatic heterocycles. The first-order valence-electron chi connectivity index (χ1n) is 6.57. The average molecular weight is 306 g/mol. The third-order valence-electron chi connectivity index (χ3n) is 3.25. The third kappa shape index (κ3) is 3.98. The molecule has 1 aliphatic rings. The predicted molar refractivity (Wildman–Crippen MR) is 79.1 cm³/mol. The van der Waals surface area contributed by atoms with E-state index in [0.29, 0.717) is 12.5 Å².